The molecule has 0 aliphatic heterocycles. The first-order valence-electron chi connectivity index (χ1n) is 8.83. The van der Waals surface area contributed by atoms with Crippen molar-refractivity contribution in [1.82, 2.24) is 0 Å². The topological polar surface area (TPSA) is 0 Å². The molecule has 0 fully saturated rings. The minimum Gasteiger partial charge on any atom is -0.0905 e. The Balaban J connectivity index is 1.84. The minimum atomic E-state index is 1.05. The van der Waals surface area contributed by atoms with Crippen LogP contribution in [0.1, 0.15) is 11.1 Å². The van der Waals surface area contributed by atoms with E-state index in [1.807, 2.05) is 12.1 Å². The number of hydrogen-bond acceptors (Lipinski definition) is 0. The lowest BCUT2D eigenvalue weighted by Gasteiger charge is -2.16. The Labute approximate surface area is 155 Å². The summed E-state index contributed by atoms with van der Waals surface area (Å²) < 4.78 is 0. The molecule has 0 spiro atoms. The highest BCUT2D eigenvalue weighted by atomic mass is 14.2. The molecule has 0 saturated carbocycles. The molecule has 0 bridgehead atoms. The van der Waals surface area contributed by atoms with E-state index < -0.39 is 0 Å². The lowest BCUT2D eigenvalue weighted by molar-refractivity contribution is 1.52. The van der Waals surface area contributed by atoms with E-state index in [4.69, 9.17) is 0 Å². The van der Waals surface area contributed by atoms with Gasteiger partial charge in [-0.2, -0.15) is 0 Å². The summed E-state index contributed by atoms with van der Waals surface area (Å²) in [5, 5.41) is 0. The molecule has 0 nitrogen and oxygen atoms in total. The van der Waals surface area contributed by atoms with Gasteiger partial charge in [-0.25, -0.2) is 0 Å². The molecule has 124 valence electrons. The Morgan fingerprint density at radius 1 is 0.423 bits per heavy atom. The van der Waals surface area contributed by atoms with E-state index in [2.05, 4.69) is 104 Å². The Morgan fingerprint density at radius 3 is 1.19 bits per heavy atom. The third kappa shape index (κ3) is 3.10. The third-order valence-electron chi connectivity index (χ3n) is 4.67. The standard InChI is InChI=1S/C26H20/c1-20(23-16-8-10-18-25(23)21-12-4-2-5-13-21)24-17-9-11-19-26(24)22-14-6-3-7-15-22/h2-19H,1H2. The van der Waals surface area contributed by atoms with E-state index in [1.165, 1.54) is 33.4 Å². The highest BCUT2D eigenvalue weighted by molar-refractivity contribution is 5.92. The van der Waals surface area contributed by atoms with E-state index in [9.17, 15) is 0 Å². The first kappa shape index (κ1) is 16.1. The first-order valence-corrected chi connectivity index (χ1v) is 8.83. The zero-order valence-electron chi connectivity index (χ0n) is 14.6. The van der Waals surface area contributed by atoms with Crippen molar-refractivity contribution < 1.29 is 0 Å². The van der Waals surface area contributed by atoms with E-state index >= 15 is 0 Å². The molecule has 0 aliphatic rings. The maximum absolute atomic E-state index is 4.47. The van der Waals surface area contributed by atoms with Crippen LogP contribution in [0.2, 0.25) is 0 Å². The van der Waals surface area contributed by atoms with Crippen molar-refractivity contribution in [2.45, 2.75) is 0 Å². The highest BCUT2D eigenvalue weighted by Gasteiger charge is 2.13. The fourth-order valence-electron chi connectivity index (χ4n) is 3.38. The fourth-order valence-corrected chi connectivity index (χ4v) is 3.38. The van der Waals surface area contributed by atoms with Crippen LogP contribution >= 0.6 is 0 Å². The number of rotatable bonds is 4. The Bertz CT molecular complexity index is 943. The molecule has 0 atom stereocenters. The normalized spacial score (nSPS) is 10.5. The van der Waals surface area contributed by atoms with Crippen molar-refractivity contribution >= 4 is 5.57 Å². The summed E-state index contributed by atoms with van der Waals surface area (Å²) in [7, 11) is 0. The zero-order valence-corrected chi connectivity index (χ0v) is 14.6. The molecular weight excluding hydrogens is 312 g/mol. The van der Waals surface area contributed by atoms with Crippen molar-refractivity contribution in [1.29, 1.82) is 0 Å². The van der Waals surface area contributed by atoms with Crippen molar-refractivity contribution in [2.75, 3.05) is 0 Å². The van der Waals surface area contributed by atoms with Gasteiger partial charge in [-0.15, -0.1) is 0 Å². The number of hydrogen-bond donors (Lipinski definition) is 0. The second-order valence-electron chi connectivity index (χ2n) is 6.30. The van der Waals surface area contributed by atoms with Gasteiger partial charge in [0, 0.05) is 0 Å². The van der Waals surface area contributed by atoms with Crippen molar-refractivity contribution in [3.63, 3.8) is 0 Å². The molecule has 0 unspecified atom stereocenters. The summed E-state index contributed by atoms with van der Waals surface area (Å²) in [4.78, 5) is 0. The van der Waals surface area contributed by atoms with Gasteiger partial charge in [0.2, 0.25) is 0 Å². The van der Waals surface area contributed by atoms with Gasteiger partial charge in [-0.1, -0.05) is 116 Å². The van der Waals surface area contributed by atoms with Gasteiger partial charge in [-0.05, 0) is 39.0 Å². The minimum absolute atomic E-state index is 1.05. The molecular formula is C26H20. The molecule has 0 radical (unpaired) electrons. The van der Waals surface area contributed by atoms with E-state index in [-0.39, 0.29) is 0 Å². The second-order valence-corrected chi connectivity index (χ2v) is 6.30. The molecule has 0 amide bonds. The van der Waals surface area contributed by atoms with Crippen molar-refractivity contribution in [2.24, 2.45) is 0 Å². The van der Waals surface area contributed by atoms with Gasteiger partial charge in [0.1, 0.15) is 0 Å². The average Bonchev–Trinajstić information content (AvgIpc) is 2.74. The number of benzene rings is 4. The van der Waals surface area contributed by atoms with Gasteiger partial charge < -0.3 is 0 Å². The summed E-state index contributed by atoms with van der Waals surface area (Å²) in [6, 6.07) is 38.0. The van der Waals surface area contributed by atoms with E-state index in [0.29, 0.717) is 0 Å². The zero-order chi connectivity index (χ0) is 17.8. The highest BCUT2D eigenvalue weighted by Crippen LogP contribution is 2.36. The van der Waals surface area contributed by atoms with Crippen LogP contribution in [0, 0.1) is 0 Å². The lowest BCUT2D eigenvalue weighted by atomic mass is 9.88. The van der Waals surface area contributed by atoms with Crippen LogP contribution < -0.4 is 0 Å². The summed E-state index contributed by atoms with van der Waals surface area (Å²) in [6.07, 6.45) is 0. The van der Waals surface area contributed by atoms with E-state index in [0.717, 1.165) is 5.57 Å². The first-order chi connectivity index (χ1) is 12.8. The van der Waals surface area contributed by atoms with Crippen LogP contribution in [0.25, 0.3) is 27.8 Å². The van der Waals surface area contributed by atoms with Crippen LogP contribution in [0.3, 0.4) is 0 Å². The maximum atomic E-state index is 4.47. The Kier molecular flexibility index (Phi) is 4.49. The molecule has 4 aromatic carbocycles. The van der Waals surface area contributed by atoms with Crippen LogP contribution in [0.15, 0.2) is 116 Å². The maximum Gasteiger partial charge on any atom is -0.0105 e. The van der Waals surface area contributed by atoms with Gasteiger partial charge in [0.15, 0.2) is 0 Å². The summed E-state index contributed by atoms with van der Waals surface area (Å²) >= 11 is 0. The predicted octanol–water partition coefficient (Wildman–Crippen LogP) is 7.08. The van der Waals surface area contributed by atoms with Crippen LogP contribution in [0.4, 0.5) is 0 Å². The third-order valence-corrected chi connectivity index (χ3v) is 4.67. The molecule has 0 N–H and O–H groups in total. The van der Waals surface area contributed by atoms with Crippen LogP contribution in [0.5, 0.6) is 0 Å². The lowest BCUT2D eigenvalue weighted by Crippen LogP contribution is -1.93. The predicted molar refractivity (Wildman–Crippen MR) is 112 cm³/mol. The van der Waals surface area contributed by atoms with Gasteiger partial charge in [0.25, 0.3) is 0 Å². The molecule has 0 aliphatic carbocycles. The SMILES string of the molecule is C=C(c1ccccc1-c1ccccc1)c1ccccc1-c1ccccc1. The molecule has 0 heterocycles. The molecule has 4 rings (SSSR count). The second kappa shape index (κ2) is 7.25. The van der Waals surface area contributed by atoms with E-state index in [1.54, 1.807) is 0 Å². The monoisotopic (exact) mass is 332 g/mol. The van der Waals surface area contributed by atoms with Crippen molar-refractivity contribution in [3.8, 4) is 22.3 Å². The Hall–Kier alpha value is -3.38. The summed E-state index contributed by atoms with van der Waals surface area (Å²) in [6.45, 7) is 4.47. The van der Waals surface area contributed by atoms with Crippen LogP contribution in [-0.4, -0.2) is 0 Å². The smallest absolute Gasteiger partial charge is 0.0105 e. The molecule has 4 aromatic rings. The summed E-state index contributed by atoms with van der Waals surface area (Å²) in [5.74, 6) is 0. The molecule has 26 heavy (non-hydrogen) atoms. The van der Waals surface area contributed by atoms with Crippen molar-refractivity contribution in [3.05, 3.63) is 127 Å². The van der Waals surface area contributed by atoms with Gasteiger partial charge in [-0.3, -0.25) is 0 Å². The molecule has 0 aromatic heterocycles. The van der Waals surface area contributed by atoms with Gasteiger partial charge in [0.05, 0.1) is 0 Å². The average molecular weight is 332 g/mol. The largest absolute Gasteiger partial charge is 0.0905 e. The summed E-state index contributed by atoms with van der Waals surface area (Å²) in [5.41, 5.74) is 8.22. The quantitative estimate of drug-likeness (QED) is 0.374. The molecule has 0 saturated heterocycles. The van der Waals surface area contributed by atoms with Gasteiger partial charge >= 0.3 is 0 Å². The fraction of sp³-hybridized carbons (Fsp3) is 0. The van der Waals surface area contributed by atoms with Crippen LogP contribution in [-0.2, 0) is 0 Å². The molecule has 0 heteroatoms. The Morgan fingerprint density at radius 2 is 0.769 bits per heavy atom.